The first-order valence-corrected chi connectivity index (χ1v) is 6.06. The van der Waals surface area contributed by atoms with Gasteiger partial charge in [0.25, 0.3) is 0 Å². The SMILES string of the molecule is O=Cc1ccc(C2=NOC(c3ccccn3)C2)cc1. The molecule has 0 radical (unpaired) electrons. The van der Waals surface area contributed by atoms with Gasteiger partial charge in [0.05, 0.1) is 11.4 Å². The predicted octanol–water partition coefficient (Wildman–Crippen LogP) is 2.76. The molecule has 0 saturated heterocycles. The molecule has 4 heteroatoms. The third-order valence-corrected chi connectivity index (χ3v) is 3.07. The summed E-state index contributed by atoms with van der Waals surface area (Å²) in [5.74, 6) is 0. The van der Waals surface area contributed by atoms with E-state index in [1.807, 2.05) is 30.3 Å². The largest absolute Gasteiger partial charge is 0.385 e. The van der Waals surface area contributed by atoms with Crippen LogP contribution in [0.4, 0.5) is 0 Å². The average Bonchev–Trinajstić information content (AvgIpc) is 2.98. The summed E-state index contributed by atoms with van der Waals surface area (Å²) in [4.78, 5) is 20.3. The van der Waals surface area contributed by atoms with Crippen molar-refractivity contribution in [2.24, 2.45) is 5.16 Å². The summed E-state index contributed by atoms with van der Waals surface area (Å²) in [6, 6.07) is 13.1. The van der Waals surface area contributed by atoms with Gasteiger partial charge in [-0.2, -0.15) is 0 Å². The van der Waals surface area contributed by atoms with Crippen molar-refractivity contribution in [2.45, 2.75) is 12.5 Å². The number of rotatable bonds is 3. The van der Waals surface area contributed by atoms with Crippen molar-refractivity contribution < 1.29 is 9.63 Å². The molecular formula is C15H12N2O2. The van der Waals surface area contributed by atoms with Crippen LogP contribution in [0.3, 0.4) is 0 Å². The molecule has 0 bridgehead atoms. The molecule has 0 amide bonds. The van der Waals surface area contributed by atoms with Crippen molar-refractivity contribution in [3.05, 3.63) is 65.5 Å². The fourth-order valence-corrected chi connectivity index (χ4v) is 2.03. The fraction of sp³-hybridized carbons (Fsp3) is 0.133. The summed E-state index contributed by atoms with van der Waals surface area (Å²) in [5.41, 5.74) is 3.40. The summed E-state index contributed by atoms with van der Waals surface area (Å²) >= 11 is 0. The number of hydrogen-bond acceptors (Lipinski definition) is 4. The highest BCUT2D eigenvalue weighted by atomic mass is 16.6. The number of aromatic nitrogens is 1. The molecule has 1 atom stereocenters. The molecule has 0 N–H and O–H groups in total. The topological polar surface area (TPSA) is 51.5 Å². The molecule has 1 aliphatic rings. The zero-order valence-electron chi connectivity index (χ0n) is 10.2. The van der Waals surface area contributed by atoms with Crippen LogP contribution in [0.1, 0.15) is 34.1 Å². The Morgan fingerprint density at radius 1 is 1.16 bits per heavy atom. The molecule has 1 aromatic heterocycles. The summed E-state index contributed by atoms with van der Waals surface area (Å²) in [6.45, 7) is 0. The molecular weight excluding hydrogens is 240 g/mol. The lowest BCUT2D eigenvalue weighted by molar-refractivity contribution is 0.0826. The minimum Gasteiger partial charge on any atom is -0.385 e. The van der Waals surface area contributed by atoms with E-state index in [1.165, 1.54) is 0 Å². The van der Waals surface area contributed by atoms with Crippen LogP contribution in [0, 0.1) is 0 Å². The zero-order chi connectivity index (χ0) is 13.1. The van der Waals surface area contributed by atoms with Gasteiger partial charge < -0.3 is 4.84 Å². The quantitative estimate of drug-likeness (QED) is 0.789. The molecule has 2 heterocycles. The summed E-state index contributed by atoms with van der Waals surface area (Å²) in [5, 5.41) is 4.11. The van der Waals surface area contributed by atoms with E-state index in [1.54, 1.807) is 18.3 Å². The second-order valence-electron chi connectivity index (χ2n) is 4.33. The van der Waals surface area contributed by atoms with E-state index in [4.69, 9.17) is 4.84 Å². The summed E-state index contributed by atoms with van der Waals surface area (Å²) in [7, 11) is 0. The smallest absolute Gasteiger partial charge is 0.174 e. The lowest BCUT2D eigenvalue weighted by atomic mass is 10.0. The average molecular weight is 252 g/mol. The van der Waals surface area contributed by atoms with Crippen molar-refractivity contribution >= 4 is 12.0 Å². The highest BCUT2D eigenvalue weighted by molar-refractivity contribution is 6.01. The van der Waals surface area contributed by atoms with Crippen molar-refractivity contribution in [1.29, 1.82) is 0 Å². The van der Waals surface area contributed by atoms with Gasteiger partial charge in [-0.1, -0.05) is 35.5 Å². The van der Waals surface area contributed by atoms with Crippen molar-refractivity contribution in [1.82, 2.24) is 4.98 Å². The molecule has 3 rings (SSSR count). The number of oxime groups is 1. The van der Waals surface area contributed by atoms with Crippen molar-refractivity contribution in [3.63, 3.8) is 0 Å². The lowest BCUT2D eigenvalue weighted by Gasteiger charge is -2.06. The standard InChI is InChI=1S/C15H12N2O2/c18-10-11-4-6-12(7-5-11)14-9-15(19-17-14)13-3-1-2-8-16-13/h1-8,10,15H,9H2. The first-order valence-electron chi connectivity index (χ1n) is 6.06. The molecule has 19 heavy (non-hydrogen) atoms. The van der Waals surface area contributed by atoms with Crippen LogP contribution in [0.25, 0.3) is 0 Å². The second kappa shape index (κ2) is 5.02. The molecule has 0 aliphatic carbocycles. The molecule has 94 valence electrons. The number of pyridine rings is 1. The van der Waals surface area contributed by atoms with E-state index in [0.29, 0.717) is 12.0 Å². The Morgan fingerprint density at radius 3 is 2.68 bits per heavy atom. The maximum Gasteiger partial charge on any atom is 0.174 e. The van der Waals surface area contributed by atoms with Crippen LogP contribution in [0.5, 0.6) is 0 Å². The van der Waals surface area contributed by atoms with Gasteiger partial charge in [-0.05, 0) is 17.7 Å². The van der Waals surface area contributed by atoms with Crippen LogP contribution in [-0.2, 0) is 4.84 Å². The van der Waals surface area contributed by atoms with Crippen LogP contribution in [0.15, 0.2) is 53.8 Å². The van der Waals surface area contributed by atoms with E-state index in [9.17, 15) is 4.79 Å². The Hall–Kier alpha value is -2.49. The van der Waals surface area contributed by atoms with Crippen LogP contribution in [-0.4, -0.2) is 17.0 Å². The number of benzene rings is 1. The normalized spacial score (nSPS) is 17.7. The van der Waals surface area contributed by atoms with Crippen molar-refractivity contribution in [3.8, 4) is 0 Å². The number of hydrogen-bond donors (Lipinski definition) is 0. The van der Waals surface area contributed by atoms with Crippen LogP contribution < -0.4 is 0 Å². The molecule has 1 aliphatic heterocycles. The van der Waals surface area contributed by atoms with Gasteiger partial charge in [-0.3, -0.25) is 9.78 Å². The number of carbonyl (C=O) groups excluding carboxylic acids is 1. The van der Waals surface area contributed by atoms with Gasteiger partial charge in [0.1, 0.15) is 6.29 Å². The maximum absolute atomic E-state index is 10.6. The van der Waals surface area contributed by atoms with Gasteiger partial charge in [-0.15, -0.1) is 0 Å². The van der Waals surface area contributed by atoms with Gasteiger partial charge in [0.2, 0.25) is 0 Å². The molecule has 0 fully saturated rings. The van der Waals surface area contributed by atoms with Crippen molar-refractivity contribution in [2.75, 3.05) is 0 Å². The van der Waals surface area contributed by atoms with E-state index >= 15 is 0 Å². The fourth-order valence-electron chi connectivity index (χ4n) is 2.03. The number of aldehydes is 1. The third-order valence-electron chi connectivity index (χ3n) is 3.07. The Bertz CT molecular complexity index is 606. The molecule has 4 nitrogen and oxygen atoms in total. The molecule has 0 spiro atoms. The molecule has 1 unspecified atom stereocenters. The Labute approximate surface area is 110 Å². The first-order chi connectivity index (χ1) is 9.36. The van der Waals surface area contributed by atoms with Gasteiger partial charge in [0, 0.05) is 18.2 Å². The second-order valence-corrected chi connectivity index (χ2v) is 4.33. The zero-order valence-corrected chi connectivity index (χ0v) is 10.2. The molecule has 0 saturated carbocycles. The Morgan fingerprint density at radius 2 is 2.00 bits per heavy atom. The maximum atomic E-state index is 10.6. The van der Waals surface area contributed by atoms with Gasteiger partial charge >= 0.3 is 0 Å². The highest BCUT2D eigenvalue weighted by Crippen LogP contribution is 2.27. The van der Waals surface area contributed by atoms with Gasteiger partial charge in [0.15, 0.2) is 6.10 Å². The Balaban J connectivity index is 1.76. The highest BCUT2D eigenvalue weighted by Gasteiger charge is 2.24. The predicted molar refractivity (Wildman–Crippen MR) is 71.0 cm³/mol. The minimum atomic E-state index is -0.123. The van der Waals surface area contributed by atoms with Crippen LogP contribution >= 0.6 is 0 Å². The first kappa shape index (κ1) is 11.6. The number of carbonyl (C=O) groups is 1. The van der Waals surface area contributed by atoms with E-state index in [0.717, 1.165) is 23.3 Å². The third kappa shape index (κ3) is 2.38. The Kier molecular flexibility index (Phi) is 3.06. The summed E-state index contributed by atoms with van der Waals surface area (Å²) < 4.78 is 0. The monoisotopic (exact) mass is 252 g/mol. The summed E-state index contributed by atoms with van der Waals surface area (Å²) in [6.07, 6.45) is 3.14. The lowest BCUT2D eigenvalue weighted by Crippen LogP contribution is -2.03. The molecule has 2 aromatic rings. The number of nitrogens with zero attached hydrogens (tertiary/aromatic N) is 2. The van der Waals surface area contributed by atoms with E-state index in [-0.39, 0.29) is 6.10 Å². The van der Waals surface area contributed by atoms with Crippen LogP contribution in [0.2, 0.25) is 0 Å². The van der Waals surface area contributed by atoms with Gasteiger partial charge in [-0.25, -0.2) is 0 Å². The minimum absolute atomic E-state index is 0.123. The molecule has 1 aromatic carbocycles. The van der Waals surface area contributed by atoms with E-state index in [2.05, 4.69) is 10.1 Å². The van der Waals surface area contributed by atoms with E-state index < -0.39 is 0 Å².